The minimum absolute atomic E-state index is 0. The second-order valence-corrected chi connectivity index (χ2v) is 7.29. The molecule has 1 fully saturated rings. The first kappa shape index (κ1) is 24.5. The molecule has 0 atom stereocenters. The van der Waals surface area contributed by atoms with Gasteiger partial charge >= 0.3 is 0 Å². The van der Waals surface area contributed by atoms with Gasteiger partial charge in [0.25, 0.3) is 0 Å². The maximum Gasteiger partial charge on any atom is 0.191 e. The molecule has 0 radical (unpaired) electrons. The molecule has 0 saturated carbocycles. The van der Waals surface area contributed by atoms with E-state index in [9.17, 15) is 0 Å². The number of rotatable bonds is 8. The summed E-state index contributed by atoms with van der Waals surface area (Å²) in [6.07, 6.45) is 2.96. The lowest BCUT2D eigenvalue weighted by molar-refractivity contribution is 0.0376. The molecule has 2 N–H and O–H groups in total. The highest BCUT2D eigenvalue weighted by Crippen LogP contribution is 2.10. The van der Waals surface area contributed by atoms with E-state index in [1.807, 2.05) is 36.9 Å². The van der Waals surface area contributed by atoms with Crippen molar-refractivity contribution in [3.63, 3.8) is 0 Å². The van der Waals surface area contributed by atoms with Crippen LogP contribution in [0.3, 0.4) is 0 Å². The largest absolute Gasteiger partial charge is 0.379 e. The highest BCUT2D eigenvalue weighted by Gasteiger charge is 2.09. The fourth-order valence-corrected chi connectivity index (χ4v) is 3.34. The Kier molecular flexibility index (Phi) is 10.5. The molecule has 2 aromatic rings. The number of aromatic nitrogens is 3. The van der Waals surface area contributed by atoms with Gasteiger partial charge in [0.1, 0.15) is 0 Å². The van der Waals surface area contributed by atoms with Gasteiger partial charge in [-0.2, -0.15) is 5.10 Å². The van der Waals surface area contributed by atoms with Crippen molar-refractivity contribution in [3.05, 3.63) is 41.3 Å². The van der Waals surface area contributed by atoms with Crippen LogP contribution in [-0.4, -0.2) is 71.6 Å². The van der Waals surface area contributed by atoms with Crippen LogP contribution in [0.4, 0.5) is 0 Å². The maximum atomic E-state index is 5.39. The minimum atomic E-state index is 0. The van der Waals surface area contributed by atoms with Gasteiger partial charge in [-0.3, -0.25) is 4.90 Å². The van der Waals surface area contributed by atoms with E-state index in [1.165, 1.54) is 0 Å². The molecule has 3 heterocycles. The summed E-state index contributed by atoms with van der Waals surface area (Å²) in [5.74, 6) is 1.67. The number of aryl methyl sites for hydroxylation is 2. The van der Waals surface area contributed by atoms with Gasteiger partial charge in [0.2, 0.25) is 0 Å². The normalized spacial score (nSPS) is 15.0. The summed E-state index contributed by atoms with van der Waals surface area (Å²) in [4.78, 5) is 11.7. The maximum absolute atomic E-state index is 5.39. The van der Waals surface area contributed by atoms with Gasteiger partial charge in [0, 0.05) is 38.1 Å². The average Bonchev–Trinajstić information content (AvgIpc) is 3.08. The lowest BCUT2D eigenvalue weighted by Gasteiger charge is -2.26. The van der Waals surface area contributed by atoms with Gasteiger partial charge < -0.3 is 15.4 Å². The van der Waals surface area contributed by atoms with E-state index in [1.54, 1.807) is 0 Å². The number of ether oxygens (including phenoxy) is 1. The molecular weight excluding hydrogens is 493 g/mol. The van der Waals surface area contributed by atoms with E-state index in [-0.39, 0.29) is 24.0 Å². The lowest BCUT2D eigenvalue weighted by Crippen LogP contribution is -2.40. The molecule has 0 unspecified atom stereocenters. The standard InChI is InChI=1S/C21H33N7O.HI/c1-4-22-21(23-8-5-9-27-10-12-29-13-11-27)25-16-19-6-7-20(24-15-19)28-18(3)14-17(2)26-28;/h6-7,14-15H,4-5,8-13,16H2,1-3H3,(H2,22,23,25);1H. The molecule has 2 aromatic heterocycles. The van der Waals surface area contributed by atoms with Crippen molar-refractivity contribution in [2.75, 3.05) is 45.9 Å². The number of halogens is 1. The molecule has 0 amide bonds. The Morgan fingerprint density at radius 3 is 2.63 bits per heavy atom. The highest BCUT2D eigenvalue weighted by molar-refractivity contribution is 14.0. The van der Waals surface area contributed by atoms with Crippen LogP contribution in [-0.2, 0) is 11.3 Å². The highest BCUT2D eigenvalue weighted by atomic mass is 127. The molecule has 0 aromatic carbocycles. The van der Waals surface area contributed by atoms with Crippen molar-refractivity contribution in [2.24, 2.45) is 4.99 Å². The first-order chi connectivity index (χ1) is 14.2. The molecule has 0 aliphatic carbocycles. The van der Waals surface area contributed by atoms with E-state index < -0.39 is 0 Å². The molecule has 0 bridgehead atoms. The third kappa shape index (κ3) is 7.51. The zero-order valence-corrected chi connectivity index (χ0v) is 20.6. The van der Waals surface area contributed by atoms with E-state index >= 15 is 0 Å². The molecule has 166 valence electrons. The summed E-state index contributed by atoms with van der Waals surface area (Å²) in [5, 5.41) is 11.2. The average molecular weight is 527 g/mol. The number of morpholine rings is 1. The number of hydrogen-bond acceptors (Lipinski definition) is 5. The number of aliphatic imine (C=N–C) groups is 1. The summed E-state index contributed by atoms with van der Waals surface area (Å²) in [5.41, 5.74) is 3.14. The zero-order chi connectivity index (χ0) is 20.5. The first-order valence-electron chi connectivity index (χ1n) is 10.5. The van der Waals surface area contributed by atoms with E-state index in [0.29, 0.717) is 6.54 Å². The van der Waals surface area contributed by atoms with Crippen LogP contribution in [0.1, 0.15) is 30.3 Å². The quantitative estimate of drug-likeness (QED) is 0.238. The van der Waals surface area contributed by atoms with Crippen molar-refractivity contribution < 1.29 is 4.74 Å². The SMILES string of the molecule is CCNC(=NCc1ccc(-n2nc(C)cc2C)nc1)NCCCN1CCOCC1.I. The first-order valence-corrected chi connectivity index (χ1v) is 10.5. The van der Waals surface area contributed by atoms with E-state index in [0.717, 1.165) is 81.1 Å². The van der Waals surface area contributed by atoms with Gasteiger partial charge in [0.05, 0.1) is 25.5 Å². The van der Waals surface area contributed by atoms with Crippen LogP contribution in [0.25, 0.3) is 5.82 Å². The molecule has 30 heavy (non-hydrogen) atoms. The van der Waals surface area contributed by atoms with Gasteiger partial charge in [0.15, 0.2) is 11.8 Å². The molecular formula is C21H34IN7O. The Hall–Kier alpha value is -1.72. The van der Waals surface area contributed by atoms with Crippen LogP contribution < -0.4 is 10.6 Å². The Morgan fingerprint density at radius 1 is 1.20 bits per heavy atom. The summed E-state index contributed by atoms with van der Waals surface area (Å²) in [6.45, 7) is 13.3. The van der Waals surface area contributed by atoms with Crippen LogP contribution in [0, 0.1) is 13.8 Å². The van der Waals surface area contributed by atoms with Crippen LogP contribution in [0.15, 0.2) is 29.4 Å². The molecule has 1 aliphatic rings. The smallest absolute Gasteiger partial charge is 0.191 e. The van der Waals surface area contributed by atoms with Crippen LogP contribution in [0.5, 0.6) is 0 Å². The van der Waals surface area contributed by atoms with E-state index in [2.05, 4.69) is 38.6 Å². The van der Waals surface area contributed by atoms with Crippen molar-refractivity contribution in [2.45, 2.75) is 33.7 Å². The van der Waals surface area contributed by atoms with Crippen LogP contribution in [0.2, 0.25) is 0 Å². The molecule has 3 rings (SSSR count). The number of pyridine rings is 1. The van der Waals surface area contributed by atoms with Gasteiger partial charge in [-0.25, -0.2) is 14.7 Å². The number of nitrogens with zero attached hydrogens (tertiary/aromatic N) is 5. The third-order valence-corrected chi connectivity index (χ3v) is 4.85. The fourth-order valence-electron chi connectivity index (χ4n) is 3.34. The van der Waals surface area contributed by atoms with E-state index in [4.69, 9.17) is 9.73 Å². The summed E-state index contributed by atoms with van der Waals surface area (Å²) < 4.78 is 7.26. The fraction of sp³-hybridized carbons (Fsp3) is 0.571. The second kappa shape index (κ2) is 12.9. The molecule has 8 nitrogen and oxygen atoms in total. The number of nitrogens with one attached hydrogen (secondary N) is 2. The third-order valence-electron chi connectivity index (χ3n) is 4.85. The molecule has 9 heteroatoms. The Balaban J connectivity index is 0.00000320. The van der Waals surface area contributed by atoms with Crippen molar-refractivity contribution in [1.29, 1.82) is 0 Å². The van der Waals surface area contributed by atoms with Gasteiger partial charge in [-0.05, 0) is 51.4 Å². The topological polar surface area (TPSA) is 79.6 Å². The predicted octanol–water partition coefficient (Wildman–Crippen LogP) is 2.28. The van der Waals surface area contributed by atoms with Gasteiger partial charge in [-0.15, -0.1) is 24.0 Å². The molecule has 0 spiro atoms. The zero-order valence-electron chi connectivity index (χ0n) is 18.2. The summed E-state index contributed by atoms with van der Waals surface area (Å²) in [7, 11) is 0. The summed E-state index contributed by atoms with van der Waals surface area (Å²) in [6, 6.07) is 6.10. The second-order valence-electron chi connectivity index (χ2n) is 7.29. The lowest BCUT2D eigenvalue weighted by atomic mass is 10.3. The number of guanidine groups is 1. The predicted molar refractivity (Wildman–Crippen MR) is 131 cm³/mol. The van der Waals surface area contributed by atoms with Crippen LogP contribution >= 0.6 is 24.0 Å². The Bertz CT molecular complexity index is 785. The minimum Gasteiger partial charge on any atom is -0.379 e. The molecule has 1 aliphatic heterocycles. The Morgan fingerprint density at radius 2 is 2.00 bits per heavy atom. The monoisotopic (exact) mass is 527 g/mol. The Labute approximate surface area is 196 Å². The molecule has 1 saturated heterocycles. The number of hydrogen-bond donors (Lipinski definition) is 2. The van der Waals surface area contributed by atoms with Gasteiger partial charge in [-0.1, -0.05) is 6.07 Å². The van der Waals surface area contributed by atoms with Crippen molar-refractivity contribution in [3.8, 4) is 5.82 Å². The van der Waals surface area contributed by atoms with Crippen molar-refractivity contribution >= 4 is 29.9 Å². The van der Waals surface area contributed by atoms with Crippen molar-refractivity contribution in [1.82, 2.24) is 30.3 Å². The summed E-state index contributed by atoms with van der Waals surface area (Å²) >= 11 is 0.